The Morgan fingerprint density at radius 3 is 2.82 bits per heavy atom. The van der Waals surface area contributed by atoms with Gasteiger partial charge in [-0.1, -0.05) is 18.2 Å². The average Bonchev–Trinajstić information content (AvgIpc) is 3.21. The van der Waals surface area contributed by atoms with Gasteiger partial charge in [0.15, 0.2) is 0 Å². The van der Waals surface area contributed by atoms with Crippen molar-refractivity contribution in [2.45, 2.75) is 51.2 Å². The number of benzene rings is 1. The molecular formula is C27H35N5O. The van der Waals surface area contributed by atoms with Crippen molar-refractivity contribution in [3.63, 3.8) is 0 Å². The van der Waals surface area contributed by atoms with E-state index >= 15 is 0 Å². The van der Waals surface area contributed by atoms with Crippen LogP contribution in [-0.2, 0) is 24.2 Å². The van der Waals surface area contributed by atoms with E-state index < -0.39 is 0 Å². The van der Waals surface area contributed by atoms with E-state index in [2.05, 4.69) is 50.8 Å². The zero-order chi connectivity index (χ0) is 22.0. The van der Waals surface area contributed by atoms with Crippen LogP contribution < -0.4 is 0 Å². The first-order chi connectivity index (χ1) is 16.4. The lowest BCUT2D eigenvalue weighted by Crippen LogP contribution is -2.42. The van der Waals surface area contributed by atoms with Crippen LogP contribution >= 0.6 is 0 Å². The van der Waals surface area contributed by atoms with Crippen molar-refractivity contribution in [3.8, 4) is 0 Å². The van der Waals surface area contributed by atoms with E-state index in [-0.39, 0.29) is 0 Å². The molecule has 174 valence electrons. The molecule has 33 heavy (non-hydrogen) atoms. The molecule has 1 aliphatic carbocycles. The first-order valence-corrected chi connectivity index (χ1v) is 12.8. The first kappa shape index (κ1) is 21.3. The third-order valence-corrected chi connectivity index (χ3v) is 7.89. The molecule has 3 aromatic rings. The van der Waals surface area contributed by atoms with Crippen molar-refractivity contribution >= 4 is 11.0 Å². The maximum absolute atomic E-state index is 5.51. The molecule has 2 saturated heterocycles. The Balaban J connectivity index is 1.25. The number of aryl methyl sites for hydroxylation is 2. The summed E-state index contributed by atoms with van der Waals surface area (Å²) in [6.07, 6.45) is 8.19. The van der Waals surface area contributed by atoms with Crippen LogP contribution in [0.15, 0.2) is 42.6 Å². The molecule has 6 heteroatoms. The molecule has 2 aliphatic heterocycles. The second-order valence-electron chi connectivity index (χ2n) is 9.88. The van der Waals surface area contributed by atoms with Crippen molar-refractivity contribution in [2.24, 2.45) is 5.92 Å². The third-order valence-electron chi connectivity index (χ3n) is 7.89. The summed E-state index contributed by atoms with van der Waals surface area (Å²) in [5.74, 6) is 1.93. The molecule has 0 saturated carbocycles. The van der Waals surface area contributed by atoms with E-state index in [1.165, 1.54) is 48.3 Å². The molecular weight excluding hydrogens is 410 g/mol. The Kier molecular flexibility index (Phi) is 6.14. The van der Waals surface area contributed by atoms with Crippen molar-refractivity contribution < 1.29 is 4.74 Å². The van der Waals surface area contributed by atoms with E-state index in [0.717, 1.165) is 70.3 Å². The molecule has 0 N–H and O–H groups in total. The molecule has 3 aliphatic rings. The van der Waals surface area contributed by atoms with Crippen LogP contribution in [0.1, 0.15) is 48.8 Å². The lowest BCUT2D eigenvalue weighted by atomic mass is 9.77. The standard InChI is InChI=1S/C27H35N5O/c1-2-9-24-23(8-1)29-25(32(24)15-5-13-30-16-18-33-19-17-30)20-31-14-4-7-22-11-10-21-6-3-12-28-26(21)27(22)31/h1-3,6,8-9,12,22,27H,4-5,7,10-11,13-20H2/t22-,27-/m1/s1. The van der Waals surface area contributed by atoms with Crippen LogP contribution in [0.3, 0.4) is 0 Å². The van der Waals surface area contributed by atoms with Gasteiger partial charge < -0.3 is 9.30 Å². The summed E-state index contributed by atoms with van der Waals surface area (Å²) in [6.45, 7) is 8.03. The van der Waals surface area contributed by atoms with Gasteiger partial charge in [-0.25, -0.2) is 4.98 Å². The van der Waals surface area contributed by atoms with Gasteiger partial charge in [-0.2, -0.15) is 0 Å². The number of hydrogen-bond acceptors (Lipinski definition) is 5. The minimum absolute atomic E-state index is 0.435. The van der Waals surface area contributed by atoms with Crippen LogP contribution in [-0.4, -0.2) is 63.7 Å². The van der Waals surface area contributed by atoms with Crippen molar-refractivity contribution in [1.82, 2.24) is 24.3 Å². The van der Waals surface area contributed by atoms with E-state index in [1.807, 2.05) is 6.20 Å². The minimum Gasteiger partial charge on any atom is -0.379 e. The second kappa shape index (κ2) is 9.53. The molecule has 6 rings (SSSR count). The summed E-state index contributed by atoms with van der Waals surface area (Å²) in [6, 6.07) is 13.5. The van der Waals surface area contributed by atoms with Crippen LogP contribution in [0.5, 0.6) is 0 Å². The van der Waals surface area contributed by atoms with Crippen molar-refractivity contribution in [3.05, 3.63) is 59.7 Å². The van der Waals surface area contributed by atoms with Crippen molar-refractivity contribution in [1.29, 1.82) is 0 Å². The minimum atomic E-state index is 0.435. The molecule has 1 aromatic carbocycles. The monoisotopic (exact) mass is 445 g/mol. The number of nitrogens with zero attached hydrogens (tertiary/aromatic N) is 5. The summed E-state index contributed by atoms with van der Waals surface area (Å²) in [4.78, 5) is 15.2. The zero-order valence-electron chi connectivity index (χ0n) is 19.5. The number of pyridine rings is 1. The topological polar surface area (TPSA) is 46.4 Å². The fourth-order valence-electron chi connectivity index (χ4n) is 6.25. The van der Waals surface area contributed by atoms with Crippen LogP contribution in [0.4, 0.5) is 0 Å². The van der Waals surface area contributed by atoms with Gasteiger partial charge in [0.25, 0.3) is 0 Å². The lowest BCUT2D eigenvalue weighted by Gasteiger charge is -2.44. The predicted molar refractivity (Wildman–Crippen MR) is 130 cm³/mol. The number of imidazole rings is 1. The molecule has 4 heterocycles. The molecule has 0 radical (unpaired) electrons. The van der Waals surface area contributed by atoms with Gasteiger partial charge in [-0.3, -0.25) is 14.8 Å². The highest BCUT2D eigenvalue weighted by Gasteiger charge is 2.38. The number of fused-ring (bicyclic) bond motifs is 4. The fourth-order valence-corrected chi connectivity index (χ4v) is 6.25. The summed E-state index contributed by atoms with van der Waals surface area (Å²) >= 11 is 0. The molecule has 0 unspecified atom stereocenters. The number of aromatic nitrogens is 3. The number of ether oxygens (including phenoxy) is 1. The summed E-state index contributed by atoms with van der Waals surface area (Å²) in [5, 5.41) is 0. The highest BCUT2D eigenvalue weighted by atomic mass is 16.5. The molecule has 2 aromatic heterocycles. The predicted octanol–water partition coefficient (Wildman–Crippen LogP) is 4.05. The highest BCUT2D eigenvalue weighted by Crippen LogP contribution is 2.43. The molecule has 0 bridgehead atoms. The van der Waals surface area contributed by atoms with E-state index in [9.17, 15) is 0 Å². The van der Waals surface area contributed by atoms with Crippen LogP contribution in [0, 0.1) is 5.92 Å². The molecule has 0 amide bonds. The normalized spacial score (nSPS) is 24.0. The second-order valence-corrected chi connectivity index (χ2v) is 9.88. The molecule has 2 fully saturated rings. The summed E-state index contributed by atoms with van der Waals surface area (Å²) < 4.78 is 8.00. The smallest absolute Gasteiger partial charge is 0.124 e. The number of likely N-dealkylation sites (tertiary alicyclic amines) is 1. The third kappa shape index (κ3) is 4.32. The van der Waals surface area contributed by atoms with Gasteiger partial charge in [-0.15, -0.1) is 0 Å². The summed E-state index contributed by atoms with van der Waals surface area (Å²) in [5.41, 5.74) is 5.16. The van der Waals surface area contributed by atoms with E-state index in [1.54, 1.807) is 0 Å². The van der Waals surface area contributed by atoms with Gasteiger partial charge in [-0.05, 0) is 68.3 Å². The first-order valence-electron chi connectivity index (χ1n) is 12.8. The fraction of sp³-hybridized carbons (Fsp3) is 0.556. The lowest BCUT2D eigenvalue weighted by molar-refractivity contribution is 0.0368. The summed E-state index contributed by atoms with van der Waals surface area (Å²) in [7, 11) is 0. The Bertz CT molecular complexity index is 1090. The van der Waals surface area contributed by atoms with Gasteiger partial charge in [0.05, 0.1) is 42.5 Å². The largest absolute Gasteiger partial charge is 0.379 e. The zero-order valence-corrected chi connectivity index (χ0v) is 19.5. The number of para-hydroxylation sites is 2. The van der Waals surface area contributed by atoms with E-state index in [0.29, 0.717) is 6.04 Å². The number of piperidine rings is 1. The van der Waals surface area contributed by atoms with Gasteiger partial charge in [0.2, 0.25) is 0 Å². The van der Waals surface area contributed by atoms with Crippen LogP contribution in [0.2, 0.25) is 0 Å². The Labute approximate surface area is 196 Å². The Morgan fingerprint density at radius 1 is 0.970 bits per heavy atom. The van der Waals surface area contributed by atoms with Crippen molar-refractivity contribution in [2.75, 3.05) is 39.4 Å². The van der Waals surface area contributed by atoms with E-state index in [4.69, 9.17) is 14.7 Å². The maximum Gasteiger partial charge on any atom is 0.124 e. The number of morpholine rings is 1. The van der Waals surface area contributed by atoms with Gasteiger partial charge in [0, 0.05) is 32.4 Å². The Hall–Kier alpha value is -2.28. The average molecular weight is 446 g/mol. The van der Waals surface area contributed by atoms with Gasteiger partial charge in [0.1, 0.15) is 5.82 Å². The SMILES string of the molecule is c1cnc2c(c1)CC[C@H]1CCCN(Cc3nc4ccccc4n3CCCN3CCOCC3)[C@@H]21. The quantitative estimate of drug-likeness (QED) is 0.573. The maximum atomic E-state index is 5.51. The molecule has 0 spiro atoms. The number of rotatable bonds is 6. The number of hydrogen-bond donors (Lipinski definition) is 0. The molecule has 6 nitrogen and oxygen atoms in total. The highest BCUT2D eigenvalue weighted by molar-refractivity contribution is 5.75. The Morgan fingerprint density at radius 2 is 1.88 bits per heavy atom. The van der Waals surface area contributed by atoms with Gasteiger partial charge >= 0.3 is 0 Å². The molecule has 2 atom stereocenters. The van der Waals surface area contributed by atoms with Crippen LogP contribution in [0.25, 0.3) is 11.0 Å².